The largest absolute Gasteiger partial charge is 0.465 e. The predicted octanol–water partition coefficient (Wildman–Crippen LogP) is 0.298. The van der Waals surface area contributed by atoms with Crippen molar-refractivity contribution in [1.29, 1.82) is 0 Å². The average molecular weight is 296 g/mol. The maximum atomic E-state index is 13.9. The van der Waals surface area contributed by atoms with E-state index in [4.69, 9.17) is 10.5 Å². The lowest BCUT2D eigenvalue weighted by molar-refractivity contribution is -0.129. The van der Waals surface area contributed by atoms with Crippen molar-refractivity contribution in [3.8, 4) is 0 Å². The fraction of sp³-hybridized carbons (Fsp3) is 0.429. The lowest BCUT2D eigenvalue weighted by Gasteiger charge is -2.33. The van der Waals surface area contributed by atoms with Crippen molar-refractivity contribution in [2.75, 3.05) is 26.9 Å². The van der Waals surface area contributed by atoms with E-state index in [-0.39, 0.29) is 12.2 Å². The quantitative estimate of drug-likeness (QED) is 0.808. The molecule has 1 aromatic rings. The molecule has 7 heteroatoms. The zero-order valence-corrected chi connectivity index (χ0v) is 11.7. The number of hydrogen-bond donors (Lipinski definition) is 1. The van der Waals surface area contributed by atoms with E-state index in [9.17, 15) is 14.0 Å². The first-order valence-electron chi connectivity index (χ1n) is 6.50. The highest BCUT2D eigenvalue weighted by Crippen LogP contribution is 2.16. The first-order valence-corrected chi connectivity index (χ1v) is 6.50. The van der Waals surface area contributed by atoms with Crippen LogP contribution in [0.4, 0.5) is 4.39 Å². The number of nitrogens with zero attached hydrogens (tertiary/aromatic N) is 1. The number of amides is 1. The second kappa shape index (κ2) is 6.64. The van der Waals surface area contributed by atoms with E-state index in [0.29, 0.717) is 25.3 Å². The Bertz CT molecular complexity index is 550. The second-order valence-electron chi connectivity index (χ2n) is 4.77. The van der Waals surface area contributed by atoms with Crippen molar-refractivity contribution < 1.29 is 23.5 Å². The lowest BCUT2D eigenvalue weighted by Crippen LogP contribution is -2.51. The molecule has 1 amide bonds. The topological polar surface area (TPSA) is 81.9 Å². The minimum atomic E-state index is -0.722. The number of morpholine rings is 1. The van der Waals surface area contributed by atoms with Crippen LogP contribution in [-0.4, -0.2) is 49.7 Å². The van der Waals surface area contributed by atoms with Gasteiger partial charge in [0.2, 0.25) is 5.91 Å². The van der Waals surface area contributed by atoms with E-state index in [1.165, 1.54) is 19.2 Å². The Morgan fingerprint density at radius 3 is 2.90 bits per heavy atom. The number of hydrogen-bond acceptors (Lipinski definition) is 5. The van der Waals surface area contributed by atoms with Crippen molar-refractivity contribution in [3.05, 3.63) is 35.1 Å². The maximum absolute atomic E-state index is 13.9. The van der Waals surface area contributed by atoms with Gasteiger partial charge in [-0.1, -0.05) is 6.07 Å². The standard InChI is InChI=1S/C14H17FN2O4/c1-20-14(19)10-3-2-9(6-11(10)15)7-17-4-5-21-8-12(17)13(16)18/h2-3,6,12H,4-5,7-8H2,1H3,(H2,16,18). The Hall–Kier alpha value is -1.99. The minimum absolute atomic E-state index is 0.116. The SMILES string of the molecule is COC(=O)c1ccc(CN2CCOCC2C(N)=O)cc1F. The molecule has 0 bridgehead atoms. The number of benzene rings is 1. The van der Waals surface area contributed by atoms with Gasteiger partial charge in [0.05, 0.1) is 25.9 Å². The number of halogens is 1. The summed E-state index contributed by atoms with van der Waals surface area (Å²) in [6, 6.07) is 3.74. The first-order chi connectivity index (χ1) is 10.0. The molecule has 2 rings (SSSR count). The van der Waals surface area contributed by atoms with Gasteiger partial charge in [-0.05, 0) is 17.7 Å². The summed E-state index contributed by atoms with van der Waals surface area (Å²) in [6.45, 7) is 1.62. The molecule has 0 aromatic heterocycles. The normalized spacial score (nSPS) is 19.2. The van der Waals surface area contributed by atoms with Crippen LogP contribution in [0.25, 0.3) is 0 Å². The third-order valence-electron chi connectivity index (χ3n) is 3.39. The molecule has 1 aromatic carbocycles. The number of rotatable bonds is 4. The molecule has 0 radical (unpaired) electrons. The molecular weight excluding hydrogens is 279 g/mol. The average Bonchev–Trinajstić information content (AvgIpc) is 2.47. The Labute approximate surface area is 121 Å². The smallest absolute Gasteiger partial charge is 0.340 e. The van der Waals surface area contributed by atoms with E-state index in [0.717, 1.165) is 0 Å². The molecular formula is C14H17FN2O4. The van der Waals surface area contributed by atoms with Gasteiger partial charge in [0.1, 0.15) is 11.9 Å². The molecule has 2 N–H and O–H groups in total. The van der Waals surface area contributed by atoms with Crippen molar-refractivity contribution in [2.24, 2.45) is 5.73 Å². The van der Waals surface area contributed by atoms with Crippen molar-refractivity contribution >= 4 is 11.9 Å². The molecule has 0 aliphatic carbocycles. The molecule has 0 saturated carbocycles. The lowest BCUT2D eigenvalue weighted by atomic mass is 10.1. The van der Waals surface area contributed by atoms with Crippen LogP contribution < -0.4 is 5.73 Å². The van der Waals surface area contributed by atoms with Gasteiger partial charge in [-0.3, -0.25) is 9.69 Å². The summed E-state index contributed by atoms with van der Waals surface area (Å²) < 4.78 is 23.6. The minimum Gasteiger partial charge on any atom is -0.465 e. The predicted molar refractivity (Wildman–Crippen MR) is 72.0 cm³/mol. The Morgan fingerprint density at radius 2 is 2.29 bits per heavy atom. The Balaban J connectivity index is 2.13. The Morgan fingerprint density at radius 1 is 1.52 bits per heavy atom. The third-order valence-corrected chi connectivity index (χ3v) is 3.39. The maximum Gasteiger partial charge on any atom is 0.340 e. The summed E-state index contributed by atoms with van der Waals surface area (Å²) in [4.78, 5) is 24.5. The number of nitrogens with two attached hydrogens (primary N) is 1. The molecule has 114 valence electrons. The fourth-order valence-corrected chi connectivity index (χ4v) is 2.26. The van der Waals surface area contributed by atoms with Crippen LogP contribution >= 0.6 is 0 Å². The van der Waals surface area contributed by atoms with Crippen molar-refractivity contribution in [1.82, 2.24) is 4.90 Å². The molecule has 1 aliphatic heterocycles. The highest BCUT2D eigenvalue weighted by atomic mass is 19.1. The molecule has 1 heterocycles. The zero-order chi connectivity index (χ0) is 15.4. The van der Waals surface area contributed by atoms with Crippen LogP contribution in [0.1, 0.15) is 15.9 Å². The van der Waals surface area contributed by atoms with Gasteiger partial charge in [0.15, 0.2) is 0 Å². The molecule has 1 unspecified atom stereocenters. The van der Waals surface area contributed by atoms with E-state index < -0.39 is 23.7 Å². The van der Waals surface area contributed by atoms with Gasteiger partial charge in [-0.15, -0.1) is 0 Å². The highest BCUT2D eigenvalue weighted by molar-refractivity contribution is 5.89. The summed E-state index contributed by atoms with van der Waals surface area (Å²) in [6.07, 6.45) is 0. The molecule has 6 nitrogen and oxygen atoms in total. The van der Waals surface area contributed by atoms with Gasteiger partial charge in [0.25, 0.3) is 0 Å². The number of carbonyl (C=O) groups excluding carboxylic acids is 2. The van der Waals surface area contributed by atoms with Crippen LogP contribution in [0, 0.1) is 5.82 Å². The Kier molecular flexibility index (Phi) is 4.87. The van der Waals surface area contributed by atoms with E-state index in [1.54, 1.807) is 6.07 Å². The number of ether oxygens (including phenoxy) is 2. The fourth-order valence-electron chi connectivity index (χ4n) is 2.26. The van der Waals surface area contributed by atoms with Crippen LogP contribution in [0.15, 0.2) is 18.2 Å². The molecule has 0 spiro atoms. The van der Waals surface area contributed by atoms with E-state index >= 15 is 0 Å². The van der Waals surface area contributed by atoms with E-state index in [2.05, 4.69) is 4.74 Å². The summed E-state index contributed by atoms with van der Waals surface area (Å²) in [5, 5.41) is 0. The highest BCUT2D eigenvalue weighted by Gasteiger charge is 2.27. The summed E-state index contributed by atoms with van der Waals surface area (Å²) in [5.41, 5.74) is 5.86. The van der Waals surface area contributed by atoms with Gasteiger partial charge in [-0.2, -0.15) is 0 Å². The van der Waals surface area contributed by atoms with Gasteiger partial charge >= 0.3 is 5.97 Å². The number of esters is 1. The molecule has 1 fully saturated rings. The first kappa shape index (κ1) is 15.4. The van der Waals surface area contributed by atoms with Crippen LogP contribution in [-0.2, 0) is 20.8 Å². The number of methoxy groups -OCH3 is 1. The second-order valence-corrected chi connectivity index (χ2v) is 4.77. The van der Waals surface area contributed by atoms with Gasteiger partial charge < -0.3 is 15.2 Å². The molecule has 21 heavy (non-hydrogen) atoms. The van der Waals surface area contributed by atoms with Crippen LogP contribution in [0.3, 0.4) is 0 Å². The number of primary amides is 1. The van der Waals surface area contributed by atoms with Gasteiger partial charge in [-0.25, -0.2) is 9.18 Å². The number of carbonyl (C=O) groups is 2. The zero-order valence-electron chi connectivity index (χ0n) is 11.7. The summed E-state index contributed by atoms with van der Waals surface area (Å²) in [7, 11) is 1.20. The molecule has 1 aliphatic rings. The third kappa shape index (κ3) is 3.56. The summed E-state index contributed by atoms with van der Waals surface area (Å²) >= 11 is 0. The van der Waals surface area contributed by atoms with E-state index in [1.807, 2.05) is 4.90 Å². The van der Waals surface area contributed by atoms with Crippen LogP contribution in [0.2, 0.25) is 0 Å². The van der Waals surface area contributed by atoms with Gasteiger partial charge in [0, 0.05) is 13.1 Å². The van der Waals surface area contributed by atoms with Crippen LogP contribution in [0.5, 0.6) is 0 Å². The summed E-state index contributed by atoms with van der Waals surface area (Å²) in [5.74, 6) is -1.84. The molecule has 1 atom stereocenters. The molecule has 1 saturated heterocycles. The van der Waals surface area contributed by atoms with Crippen molar-refractivity contribution in [3.63, 3.8) is 0 Å². The van der Waals surface area contributed by atoms with Crippen molar-refractivity contribution in [2.45, 2.75) is 12.6 Å². The monoisotopic (exact) mass is 296 g/mol.